The number of fused-ring (bicyclic) bond motifs is 2. The van der Waals surface area contributed by atoms with E-state index in [1.165, 1.54) is 15.7 Å². The molecule has 1 saturated heterocycles. The minimum atomic E-state index is -3.08. The molecule has 1 atom stereocenters. The molecule has 0 radical (unpaired) electrons. The monoisotopic (exact) mass is 409 g/mol. The molecule has 30 heavy (non-hydrogen) atoms. The molecule has 152 valence electrons. The molecule has 1 unspecified atom stereocenters. The molecule has 5 rings (SSSR count). The topological polar surface area (TPSA) is 72.6 Å². The van der Waals surface area contributed by atoms with E-state index in [-0.39, 0.29) is 24.9 Å². The number of alkyl halides is 2. The number of carbonyl (C=O) groups excluding carboxylic acids is 1. The molecule has 7 nitrogen and oxygen atoms in total. The first-order valence-electron chi connectivity index (χ1n) is 9.49. The Morgan fingerprint density at radius 3 is 2.90 bits per heavy atom. The summed E-state index contributed by atoms with van der Waals surface area (Å²) in [6.07, 6.45) is 1.02. The van der Waals surface area contributed by atoms with E-state index in [4.69, 9.17) is 4.74 Å². The third kappa shape index (κ3) is 3.22. The molecule has 1 aromatic carbocycles. The highest BCUT2D eigenvalue weighted by Gasteiger charge is 2.47. The van der Waals surface area contributed by atoms with Gasteiger partial charge in [-0.05, 0) is 24.3 Å². The van der Waals surface area contributed by atoms with Crippen LogP contribution in [0.4, 0.5) is 8.78 Å². The summed E-state index contributed by atoms with van der Waals surface area (Å²) in [5.41, 5.74) is 1.34. The molecule has 9 heteroatoms. The fraction of sp³-hybridized carbons (Fsp3) is 0.238. The number of rotatable bonds is 3. The summed E-state index contributed by atoms with van der Waals surface area (Å²) < 4.78 is 36.2. The van der Waals surface area contributed by atoms with E-state index in [0.717, 1.165) is 5.39 Å². The van der Waals surface area contributed by atoms with Gasteiger partial charge in [0, 0.05) is 30.6 Å². The largest absolute Gasteiger partial charge is 0.466 e. The second-order valence-electron chi connectivity index (χ2n) is 7.16. The maximum absolute atomic E-state index is 14.6. The van der Waals surface area contributed by atoms with Gasteiger partial charge in [-0.1, -0.05) is 18.2 Å². The average molecular weight is 409 g/mol. The number of aromatic nitrogens is 4. The zero-order valence-electron chi connectivity index (χ0n) is 15.8. The van der Waals surface area contributed by atoms with Crippen LogP contribution in [0, 0.1) is 0 Å². The van der Waals surface area contributed by atoms with Crippen LogP contribution in [0.1, 0.15) is 16.8 Å². The Morgan fingerprint density at radius 2 is 2.00 bits per heavy atom. The predicted molar refractivity (Wildman–Crippen MR) is 105 cm³/mol. The maximum Gasteiger partial charge on any atom is 0.287 e. The molecule has 4 heterocycles. The molecule has 1 fully saturated rings. The molecule has 0 N–H and O–H groups in total. The van der Waals surface area contributed by atoms with Gasteiger partial charge in [0.15, 0.2) is 11.8 Å². The number of benzene rings is 1. The molecule has 1 aliphatic rings. The van der Waals surface area contributed by atoms with Gasteiger partial charge in [-0.25, -0.2) is 23.3 Å². The van der Waals surface area contributed by atoms with E-state index >= 15 is 0 Å². The number of piperidine rings is 1. The molecule has 0 aliphatic carbocycles. The van der Waals surface area contributed by atoms with E-state index in [1.54, 1.807) is 36.5 Å². The Kier molecular flexibility index (Phi) is 4.30. The molecule has 0 bridgehead atoms. The lowest BCUT2D eigenvalue weighted by atomic mass is 10.0. The van der Waals surface area contributed by atoms with Crippen LogP contribution < -0.4 is 4.74 Å². The van der Waals surface area contributed by atoms with Crippen LogP contribution in [0.5, 0.6) is 5.88 Å². The lowest BCUT2D eigenvalue weighted by Crippen LogP contribution is -2.55. The molecule has 1 amide bonds. The van der Waals surface area contributed by atoms with Gasteiger partial charge in [-0.15, -0.1) is 0 Å². The van der Waals surface area contributed by atoms with Crippen molar-refractivity contribution >= 4 is 22.5 Å². The van der Waals surface area contributed by atoms with Crippen molar-refractivity contribution in [1.29, 1.82) is 0 Å². The quantitative estimate of drug-likeness (QED) is 0.520. The summed E-state index contributed by atoms with van der Waals surface area (Å²) in [5.74, 6) is -3.36. The normalized spacial score (nSPS) is 18.6. The third-order valence-corrected chi connectivity index (χ3v) is 5.23. The van der Waals surface area contributed by atoms with Crippen molar-refractivity contribution in [2.75, 3.05) is 13.1 Å². The lowest BCUT2D eigenvalue weighted by molar-refractivity contribution is -0.131. The summed E-state index contributed by atoms with van der Waals surface area (Å²) in [6, 6.07) is 14.0. The van der Waals surface area contributed by atoms with Gasteiger partial charge < -0.3 is 9.64 Å². The maximum atomic E-state index is 14.6. The predicted octanol–water partition coefficient (Wildman–Crippen LogP) is 3.21. The van der Waals surface area contributed by atoms with Gasteiger partial charge in [0.25, 0.3) is 11.8 Å². The second kappa shape index (κ2) is 7.01. The van der Waals surface area contributed by atoms with E-state index in [9.17, 15) is 13.6 Å². The summed E-state index contributed by atoms with van der Waals surface area (Å²) >= 11 is 0. The van der Waals surface area contributed by atoms with E-state index < -0.39 is 18.4 Å². The summed E-state index contributed by atoms with van der Waals surface area (Å²) in [4.78, 5) is 22.8. The van der Waals surface area contributed by atoms with Crippen LogP contribution in [0.2, 0.25) is 0 Å². The van der Waals surface area contributed by atoms with Crippen LogP contribution in [0.3, 0.4) is 0 Å². The number of nitrogens with zero attached hydrogens (tertiary/aromatic N) is 5. The van der Waals surface area contributed by atoms with Crippen molar-refractivity contribution in [3.05, 3.63) is 66.6 Å². The highest BCUT2D eigenvalue weighted by atomic mass is 19.3. The fourth-order valence-electron chi connectivity index (χ4n) is 3.62. The minimum absolute atomic E-state index is 0.0773. The van der Waals surface area contributed by atoms with Gasteiger partial charge in [0.1, 0.15) is 6.33 Å². The smallest absolute Gasteiger partial charge is 0.287 e. The van der Waals surface area contributed by atoms with Crippen molar-refractivity contribution in [3.63, 3.8) is 0 Å². The van der Waals surface area contributed by atoms with Crippen molar-refractivity contribution in [3.8, 4) is 5.88 Å². The van der Waals surface area contributed by atoms with Crippen LogP contribution >= 0.6 is 0 Å². The molecule has 1 aliphatic heterocycles. The van der Waals surface area contributed by atoms with Crippen molar-refractivity contribution in [2.45, 2.75) is 18.4 Å². The van der Waals surface area contributed by atoms with E-state index in [0.29, 0.717) is 16.7 Å². The number of para-hydroxylation sites is 1. The SMILES string of the molecule is O=C(c1cccn2ncnc12)N1CCC(F)(F)C(Oc2ccc3ccccc3n2)C1. The van der Waals surface area contributed by atoms with Gasteiger partial charge in [-0.3, -0.25) is 4.79 Å². The Bertz CT molecular complexity index is 1240. The molecular weight excluding hydrogens is 392 g/mol. The third-order valence-electron chi connectivity index (χ3n) is 5.23. The first kappa shape index (κ1) is 18.4. The van der Waals surface area contributed by atoms with Crippen LogP contribution in [0.15, 0.2) is 61.1 Å². The number of ether oxygens (including phenoxy) is 1. The number of pyridine rings is 2. The van der Waals surface area contributed by atoms with Crippen molar-refractivity contribution in [2.24, 2.45) is 0 Å². The standard InChI is InChI=1S/C21H17F2N5O2/c22-21(23)9-11-27(20(29)15-5-3-10-28-19(15)24-13-25-28)12-17(21)30-18-8-7-14-4-1-2-6-16(14)26-18/h1-8,10,13,17H,9,11-12H2. The first-order chi connectivity index (χ1) is 14.5. The molecule has 4 aromatic rings. The molecule has 0 saturated carbocycles. The van der Waals surface area contributed by atoms with Gasteiger partial charge >= 0.3 is 0 Å². The number of likely N-dealkylation sites (tertiary alicyclic amines) is 1. The number of hydrogen-bond acceptors (Lipinski definition) is 5. The van der Waals surface area contributed by atoms with Crippen LogP contribution in [-0.2, 0) is 0 Å². The number of hydrogen-bond donors (Lipinski definition) is 0. The van der Waals surface area contributed by atoms with Crippen LogP contribution in [0.25, 0.3) is 16.6 Å². The van der Waals surface area contributed by atoms with E-state index in [2.05, 4.69) is 15.1 Å². The van der Waals surface area contributed by atoms with Gasteiger partial charge in [0.2, 0.25) is 5.88 Å². The van der Waals surface area contributed by atoms with Crippen molar-refractivity contribution in [1.82, 2.24) is 24.5 Å². The Hall–Kier alpha value is -3.62. The van der Waals surface area contributed by atoms with Crippen molar-refractivity contribution < 1.29 is 18.3 Å². The number of halogens is 2. The van der Waals surface area contributed by atoms with Gasteiger partial charge in [-0.2, -0.15) is 5.10 Å². The number of carbonyl (C=O) groups is 1. The highest BCUT2D eigenvalue weighted by Crippen LogP contribution is 2.32. The fourth-order valence-corrected chi connectivity index (χ4v) is 3.62. The van der Waals surface area contributed by atoms with E-state index in [1.807, 2.05) is 18.2 Å². The minimum Gasteiger partial charge on any atom is -0.466 e. The number of amides is 1. The summed E-state index contributed by atoms with van der Waals surface area (Å²) in [5, 5.41) is 4.89. The zero-order valence-corrected chi connectivity index (χ0v) is 15.8. The Labute approximate surface area is 169 Å². The van der Waals surface area contributed by atoms with Crippen LogP contribution in [-0.4, -0.2) is 55.5 Å². The Balaban J connectivity index is 1.40. The molecule has 3 aromatic heterocycles. The molecule has 0 spiro atoms. The second-order valence-corrected chi connectivity index (χ2v) is 7.16. The Morgan fingerprint density at radius 1 is 1.13 bits per heavy atom. The average Bonchev–Trinajstić information content (AvgIpc) is 3.23. The highest BCUT2D eigenvalue weighted by molar-refractivity contribution is 5.99. The first-order valence-corrected chi connectivity index (χ1v) is 9.49. The summed E-state index contributed by atoms with van der Waals surface area (Å²) in [7, 11) is 0. The molecular formula is C21H17F2N5O2. The lowest BCUT2D eigenvalue weighted by Gasteiger charge is -2.37. The zero-order chi connectivity index (χ0) is 20.7. The van der Waals surface area contributed by atoms with Gasteiger partial charge in [0.05, 0.1) is 17.6 Å². The summed E-state index contributed by atoms with van der Waals surface area (Å²) in [6.45, 7) is -0.332.